The lowest BCUT2D eigenvalue weighted by Gasteiger charge is -2.45. The molecule has 1 aromatic rings. The summed E-state index contributed by atoms with van der Waals surface area (Å²) in [6.45, 7) is 2.45. The maximum Gasteiger partial charge on any atom is 0.249 e. The van der Waals surface area contributed by atoms with Crippen LogP contribution in [0, 0.1) is 5.82 Å². The normalized spacial score (nSPS) is 21.4. The number of para-hydroxylation sites is 1. The topological polar surface area (TPSA) is 62.3 Å². The number of carbonyl (C=O) groups excluding carboxylic acids is 2. The van der Waals surface area contributed by atoms with Crippen LogP contribution in [0.2, 0.25) is 0 Å². The molecule has 2 amide bonds. The predicted octanol–water partition coefficient (Wildman–Crippen LogP) is 0.204. The van der Waals surface area contributed by atoms with Crippen molar-refractivity contribution in [1.29, 1.82) is 0 Å². The third-order valence-corrected chi connectivity index (χ3v) is 4.75. The van der Waals surface area contributed by atoms with E-state index in [0.29, 0.717) is 26.2 Å². The van der Waals surface area contributed by atoms with E-state index in [4.69, 9.17) is 9.47 Å². The number of ether oxygens (including phenoxy) is 2. The van der Waals surface area contributed by atoms with Crippen LogP contribution in [-0.4, -0.2) is 92.1 Å². The zero-order chi connectivity index (χ0) is 18.7. The number of halogens is 1. The minimum Gasteiger partial charge on any atom is -0.484 e. The lowest BCUT2D eigenvalue weighted by atomic mass is 10.1. The second-order valence-corrected chi connectivity index (χ2v) is 6.71. The number of hydrogen-bond acceptors (Lipinski definition) is 5. The third-order valence-electron chi connectivity index (χ3n) is 4.75. The molecule has 2 saturated heterocycles. The van der Waals surface area contributed by atoms with Gasteiger partial charge < -0.3 is 24.2 Å². The van der Waals surface area contributed by atoms with Gasteiger partial charge in [0, 0.05) is 26.7 Å². The van der Waals surface area contributed by atoms with Crippen molar-refractivity contribution in [3.05, 3.63) is 30.1 Å². The van der Waals surface area contributed by atoms with Crippen molar-refractivity contribution in [2.45, 2.75) is 12.1 Å². The van der Waals surface area contributed by atoms with E-state index in [1.807, 2.05) is 11.9 Å². The van der Waals surface area contributed by atoms with Gasteiger partial charge in [-0.05, 0) is 19.2 Å². The molecule has 0 saturated carbocycles. The van der Waals surface area contributed by atoms with E-state index >= 15 is 0 Å². The Hall–Kier alpha value is -2.19. The summed E-state index contributed by atoms with van der Waals surface area (Å²) in [6, 6.07) is 5.70. The summed E-state index contributed by atoms with van der Waals surface area (Å²) < 4.78 is 24.2. The Balaban J connectivity index is 1.58. The molecule has 2 aliphatic rings. The number of benzene rings is 1. The predicted molar refractivity (Wildman–Crippen MR) is 92.3 cm³/mol. The molecule has 2 heterocycles. The monoisotopic (exact) mass is 365 g/mol. The molecule has 142 valence electrons. The van der Waals surface area contributed by atoms with E-state index in [1.54, 1.807) is 28.0 Å². The zero-order valence-electron chi connectivity index (χ0n) is 15.1. The first kappa shape index (κ1) is 18.6. The highest BCUT2D eigenvalue weighted by Crippen LogP contribution is 2.23. The number of rotatable bonds is 5. The molecular weight excluding hydrogens is 341 g/mol. The van der Waals surface area contributed by atoms with Crippen molar-refractivity contribution in [3.63, 3.8) is 0 Å². The van der Waals surface area contributed by atoms with E-state index in [-0.39, 0.29) is 30.3 Å². The summed E-state index contributed by atoms with van der Waals surface area (Å²) >= 11 is 0. The van der Waals surface area contributed by atoms with Gasteiger partial charge in [-0.15, -0.1) is 0 Å². The summed E-state index contributed by atoms with van der Waals surface area (Å²) in [6.07, 6.45) is -0.236. The Morgan fingerprint density at radius 3 is 2.62 bits per heavy atom. The summed E-state index contributed by atoms with van der Waals surface area (Å²) in [4.78, 5) is 30.4. The fourth-order valence-corrected chi connectivity index (χ4v) is 3.26. The summed E-state index contributed by atoms with van der Waals surface area (Å²) in [7, 11) is 3.39. The molecule has 0 radical (unpaired) electrons. The maximum absolute atomic E-state index is 13.6. The number of methoxy groups -OCH3 is 1. The van der Waals surface area contributed by atoms with Gasteiger partial charge >= 0.3 is 0 Å². The van der Waals surface area contributed by atoms with E-state index in [0.717, 1.165) is 6.54 Å². The van der Waals surface area contributed by atoms with E-state index in [1.165, 1.54) is 13.2 Å². The standard InChI is InChI=1S/C18H24FN3O4/c1-20-7-8-22(17(23)12-25-2)15(11-20)18(24)21-9-13(10-21)26-16-6-4-3-5-14(16)19/h3-6,13,15H,7-12H2,1-2H3. The van der Waals surface area contributed by atoms with Crippen LogP contribution in [0.25, 0.3) is 0 Å². The van der Waals surface area contributed by atoms with Gasteiger partial charge in [-0.1, -0.05) is 12.1 Å². The van der Waals surface area contributed by atoms with Crippen LogP contribution < -0.4 is 4.74 Å². The molecule has 26 heavy (non-hydrogen) atoms. The molecule has 1 unspecified atom stereocenters. The minimum atomic E-state index is -0.522. The van der Waals surface area contributed by atoms with Crippen molar-refractivity contribution < 1.29 is 23.5 Å². The number of hydrogen-bond donors (Lipinski definition) is 0. The summed E-state index contributed by atoms with van der Waals surface area (Å²) in [5.41, 5.74) is 0. The quantitative estimate of drug-likeness (QED) is 0.746. The van der Waals surface area contributed by atoms with E-state index in [9.17, 15) is 14.0 Å². The van der Waals surface area contributed by atoms with Crippen molar-refractivity contribution in [1.82, 2.24) is 14.7 Å². The maximum atomic E-state index is 13.6. The summed E-state index contributed by atoms with van der Waals surface area (Å²) in [5, 5.41) is 0. The molecule has 8 heteroatoms. The number of carbonyl (C=O) groups is 2. The van der Waals surface area contributed by atoms with Gasteiger partial charge in [0.05, 0.1) is 13.1 Å². The van der Waals surface area contributed by atoms with Gasteiger partial charge in [0.15, 0.2) is 11.6 Å². The zero-order valence-corrected chi connectivity index (χ0v) is 15.1. The van der Waals surface area contributed by atoms with Gasteiger partial charge in [0.2, 0.25) is 11.8 Å². The first-order valence-electron chi connectivity index (χ1n) is 8.66. The largest absolute Gasteiger partial charge is 0.484 e. The molecule has 1 aromatic carbocycles. The molecule has 7 nitrogen and oxygen atoms in total. The highest BCUT2D eigenvalue weighted by atomic mass is 19.1. The Kier molecular flexibility index (Phi) is 5.73. The van der Waals surface area contributed by atoms with Crippen LogP contribution >= 0.6 is 0 Å². The average Bonchev–Trinajstić information content (AvgIpc) is 2.58. The Morgan fingerprint density at radius 1 is 1.19 bits per heavy atom. The van der Waals surface area contributed by atoms with Gasteiger partial charge in [0.1, 0.15) is 18.8 Å². The third kappa shape index (κ3) is 3.96. The molecular formula is C18H24FN3O4. The molecule has 1 atom stereocenters. The highest BCUT2D eigenvalue weighted by Gasteiger charge is 2.41. The second kappa shape index (κ2) is 8.01. The molecule has 0 aromatic heterocycles. The van der Waals surface area contributed by atoms with Crippen molar-refractivity contribution in [2.75, 3.05) is 53.5 Å². The number of likely N-dealkylation sites (N-methyl/N-ethyl adjacent to an activating group) is 1. The van der Waals surface area contributed by atoms with Crippen LogP contribution in [0.3, 0.4) is 0 Å². The lowest BCUT2D eigenvalue weighted by Crippen LogP contribution is -2.65. The molecule has 2 fully saturated rings. The van der Waals surface area contributed by atoms with Crippen molar-refractivity contribution >= 4 is 11.8 Å². The first-order chi connectivity index (χ1) is 12.5. The van der Waals surface area contributed by atoms with Crippen LogP contribution in [0.4, 0.5) is 4.39 Å². The van der Waals surface area contributed by atoms with Crippen molar-refractivity contribution in [2.24, 2.45) is 0 Å². The van der Waals surface area contributed by atoms with E-state index < -0.39 is 11.9 Å². The van der Waals surface area contributed by atoms with Crippen molar-refractivity contribution in [3.8, 4) is 5.75 Å². The summed E-state index contributed by atoms with van der Waals surface area (Å²) in [5.74, 6) is -0.505. The average molecular weight is 365 g/mol. The van der Waals surface area contributed by atoms with E-state index in [2.05, 4.69) is 0 Å². The second-order valence-electron chi connectivity index (χ2n) is 6.71. The Morgan fingerprint density at radius 2 is 1.92 bits per heavy atom. The van der Waals surface area contributed by atoms with Gasteiger partial charge in [-0.3, -0.25) is 9.59 Å². The molecule has 0 bridgehead atoms. The Bertz CT molecular complexity index is 666. The smallest absolute Gasteiger partial charge is 0.249 e. The lowest BCUT2D eigenvalue weighted by molar-refractivity contribution is -0.156. The molecule has 3 rings (SSSR count). The number of amides is 2. The van der Waals surface area contributed by atoms with Crippen LogP contribution in [0.1, 0.15) is 0 Å². The fraction of sp³-hybridized carbons (Fsp3) is 0.556. The van der Waals surface area contributed by atoms with Gasteiger partial charge in [-0.25, -0.2) is 4.39 Å². The number of likely N-dealkylation sites (tertiary alicyclic amines) is 1. The van der Waals surface area contributed by atoms with Crippen LogP contribution in [-0.2, 0) is 14.3 Å². The van der Waals surface area contributed by atoms with Gasteiger partial charge in [0.25, 0.3) is 0 Å². The SMILES string of the molecule is COCC(=O)N1CCN(C)CC1C(=O)N1CC(Oc2ccccc2F)C1. The fourth-order valence-electron chi connectivity index (χ4n) is 3.26. The molecule has 2 aliphatic heterocycles. The minimum absolute atomic E-state index is 0.0352. The van der Waals surface area contributed by atoms with Gasteiger partial charge in [-0.2, -0.15) is 0 Å². The molecule has 0 spiro atoms. The van der Waals surface area contributed by atoms with Crippen LogP contribution in [0.15, 0.2) is 24.3 Å². The number of piperazine rings is 1. The Labute approximate surface area is 152 Å². The number of nitrogens with zero attached hydrogens (tertiary/aromatic N) is 3. The highest BCUT2D eigenvalue weighted by molar-refractivity contribution is 5.89. The molecule has 0 aliphatic carbocycles. The molecule has 0 N–H and O–H groups in total. The first-order valence-corrected chi connectivity index (χ1v) is 8.66. The van der Waals surface area contributed by atoms with Crippen LogP contribution in [0.5, 0.6) is 5.75 Å².